The molecule has 0 unspecified atom stereocenters. The van der Waals surface area contributed by atoms with E-state index in [2.05, 4.69) is 11.2 Å². The van der Waals surface area contributed by atoms with E-state index in [1.165, 1.54) is 25.1 Å². The monoisotopic (exact) mass is 203 g/mol. The first-order chi connectivity index (χ1) is 7.02. The molecule has 4 nitrogen and oxygen atoms in total. The van der Waals surface area contributed by atoms with E-state index in [-0.39, 0.29) is 11.5 Å². The average molecular weight is 203 g/mol. The Morgan fingerprint density at radius 1 is 1.40 bits per heavy atom. The van der Waals surface area contributed by atoms with Gasteiger partial charge in [0.05, 0.1) is 5.56 Å². The lowest BCUT2D eigenvalue weighted by Crippen LogP contribution is -2.07. The molecule has 0 aliphatic carbocycles. The van der Waals surface area contributed by atoms with Crippen molar-refractivity contribution in [1.82, 2.24) is 0 Å². The molecule has 0 fully saturated rings. The second-order valence-corrected chi connectivity index (χ2v) is 2.93. The summed E-state index contributed by atoms with van der Waals surface area (Å²) in [6.07, 6.45) is 5.16. The minimum Gasteiger partial charge on any atom is -0.478 e. The summed E-state index contributed by atoms with van der Waals surface area (Å²) in [5.74, 6) is 0.959. The quantitative estimate of drug-likeness (QED) is 0.712. The first kappa shape index (κ1) is 10.8. The van der Waals surface area contributed by atoms with Crippen LogP contribution in [-0.4, -0.2) is 17.0 Å². The van der Waals surface area contributed by atoms with Crippen LogP contribution in [0, 0.1) is 12.3 Å². The van der Waals surface area contributed by atoms with Crippen molar-refractivity contribution in [2.24, 2.45) is 0 Å². The van der Waals surface area contributed by atoms with E-state index in [0.717, 1.165) is 0 Å². The number of anilines is 1. The average Bonchev–Trinajstić information content (AvgIpc) is 2.16. The smallest absolute Gasteiger partial charge is 0.335 e. The van der Waals surface area contributed by atoms with E-state index in [4.69, 9.17) is 11.5 Å². The maximum Gasteiger partial charge on any atom is 0.335 e. The van der Waals surface area contributed by atoms with Crippen LogP contribution < -0.4 is 5.32 Å². The number of carboxylic acids is 1. The molecular formula is C11H9NO3. The minimum absolute atomic E-state index is 0.0502. The van der Waals surface area contributed by atoms with Crippen molar-refractivity contribution in [1.29, 1.82) is 0 Å². The van der Waals surface area contributed by atoms with Crippen LogP contribution in [0.15, 0.2) is 18.2 Å². The predicted octanol–water partition coefficient (Wildman–Crippen LogP) is 1.32. The highest BCUT2D eigenvalue weighted by molar-refractivity contribution is 5.93. The lowest BCUT2D eigenvalue weighted by molar-refractivity contribution is -0.114. The summed E-state index contributed by atoms with van der Waals surface area (Å²) in [5.41, 5.74) is 0.850. The summed E-state index contributed by atoms with van der Waals surface area (Å²) < 4.78 is 0. The van der Waals surface area contributed by atoms with Gasteiger partial charge in [0, 0.05) is 18.2 Å². The Balaban J connectivity index is 3.18. The second-order valence-electron chi connectivity index (χ2n) is 2.93. The second kappa shape index (κ2) is 4.29. The van der Waals surface area contributed by atoms with Gasteiger partial charge >= 0.3 is 5.97 Å². The standard InChI is InChI=1S/C11H9NO3/c1-3-8-4-9(11(14)15)6-10(5-8)12-7(2)13/h1,4-6H,2H3,(H,12,13)(H,14,15). The number of hydrogen-bond acceptors (Lipinski definition) is 2. The fourth-order valence-corrected chi connectivity index (χ4v) is 1.11. The van der Waals surface area contributed by atoms with Gasteiger partial charge in [-0.3, -0.25) is 4.79 Å². The fourth-order valence-electron chi connectivity index (χ4n) is 1.11. The van der Waals surface area contributed by atoms with Gasteiger partial charge in [0.1, 0.15) is 0 Å². The maximum atomic E-state index is 10.8. The van der Waals surface area contributed by atoms with Crippen LogP contribution in [0.2, 0.25) is 0 Å². The molecule has 4 heteroatoms. The molecular weight excluding hydrogens is 194 g/mol. The lowest BCUT2D eigenvalue weighted by atomic mass is 10.1. The molecule has 1 aromatic carbocycles. The molecule has 0 saturated heterocycles. The van der Waals surface area contributed by atoms with Crippen LogP contribution >= 0.6 is 0 Å². The first-order valence-electron chi connectivity index (χ1n) is 4.15. The van der Waals surface area contributed by atoms with Crippen molar-refractivity contribution in [2.45, 2.75) is 6.92 Å². The predicted molar refractivity (Wildman–Crippen MR) is 55.6 cm³/mol. The van der Waals surface area contributed by atoms with Gasteiger partial charge in [-0.05, 0) is 18.2 Å². The molecule has 2 N–H and O–H groups in total. The van der Waals surface area contributed by atoms with Crippen LogP contribution in [0.3, 0.4) is 0 Å². The third-order valence-electron chi connectivity index (χ3n) is 1.67. The van der Waals surface area contributed by atoms with Gasteiger partial charge in [-0.1, -0.05) is 5.92 Å². The van der Waals surface area contributed by atoms with Crippen molar-refractivity contribution in [3.8, 4) is 12.3 Å². The molecule has 76 valence electrons. The maximum absolute atomic E-state index is 10.8. The van der Waals surface area contributed by atoms with Gasteiger partial charge in [0.15, 0.2) is 0 Å². The molecule has 0 atom stereocenters. The molecule has 0 spiro atoms. The number of benzene rings is 1. The molecule has 1 rings (SSSR count). The molecule has 0 aliphatic heterocycles. The Bertz CT molecular complexity index is 457. The van der Waals surface area contributed by atoms with Gasteiger partial charge in [-0.2, -0.15) is 0 Å². The minimum atomic E-state index is -1.08. The van der Waals surface area contributed by atoms with E-state index < -0.39 is 5.97 Å². The number of nitrogens with one attached hydrogen (secondary N) is 1. The van der Waals surface area contributed by atoms with Crippen LogP contribution in [-0.2, 0) is 4.79 Å². The molecule has 0 heterocycles. The van der Waals surface area contributed by atoms with Crippen molar-refractivity contribution in [3.63, 3.8) is 0 Å². The van der Waals surface area contributed by atoms with Gasteiger partial charge in [0.2, 0.25) is 5.91 Å². The van der Waals surface area contributed by atoms with Crippen LogP contribution in [0.4, 0.5) is 5.69 Å². The summed E-state index contributed by atoms with van der Waals surface area (Å²) in [7, 11) is 0. The summed E-state index contributed by atoms with van der Waals surface area (Å²) in [6, 6.07) is 4.26. The third-order valence-corrected chi connectivity index (χ3v) is 1.67. The summed E-state index contributed by atoms with van der Waals surface area (Å²) in [6.45, 7) is 1.34. The van der Waals surface area contributed by atoms with E-state index in [1.54, 1.807) is 0 Å². The molecule has 0 bridgehead atoms. The number of aromatic carboxylic acids is 1. The highest BCUT2D eigenvalue weighted by Crippen LogP contribution is 2.14. The Morgan fingerprint density at radius 2 is 2.07 bits per heavy atom. The van der Waals surface area contributed by atoms with Gasteiger partial charge in [-0.15, -0.1) is 6.42 Å². The summed E-state index contributed by atoms with van der Waals surface area (Å²) in [4.78, 5) is 21.5. The number of carbonyl (C=O) groups excluding carboxylic acids is 1. The molecule has 0 saturated carbocycles. The Labute approximate surface area is 86.9 Å². The normalized spacial score (nSPS) is 9.07. The Kier molecular flexibility index (Phi) is 3.09. The van der Waals surface area contributed by atoms with Crippen molar-refractivity contribution < 1.29 is 14.7 Å². The zero-order valence-corrected chi connectivity index (χ0v) is 8.07. The van der Waals surface area contributed by atoms with Gasteiger partial charge in [-0.25, -0.2) is 4.79 Å². The summed E-state index contributed by atoms with van der Waals surface area (Å²) >= 11 is 0. The van der Waals surface area contributed by atoms with E-state index >= 15 is 0 Å². The van der Waals surface area contributed by atoms with Crippen molar-refractivity contribution in [2.75, 3.05) is 5.32 Å². The highest BCUT2D eigenvalue weighted by atomic mass is 16.4. The SMILES string of the molecule is C#Cc1cc(NC(C)=O)cc(C(=O)O)c1. The molecule has 1 aromatic rings. The van der Waals surface area contributed by atoms with Crippen LogP contribution in [0.1, 0.15) is 22.8 Å². The topological polar surface area (TPSA) is 66.4 Å². The third kappa shape index (κ3) is 2.85. The summed E-state index contributed by atoms with van der Waals surface area (Å²) in [5, 5.41) is 11.3. The lowest BCUT2D eigenvalue weighted by Gasteiger charge is -2.04. The van der Waals surface area contributed by atoms with Gasteiger partial charge in [0.25, 0.3) is 0 Å². The Hall–Kier alpha value is -2.28. The van der Waals surface area contributed by atoms with E-state index in [1.807, 2.05) is 0 Å². The largest absolute Gasteiger partial charge is 0.478 e. The molecule has 1 amide bonds. The van der Waals surface area contributed by atoms with Crippen molar-refractivity contribution in [3.05, 3.63) is 29.3 Å². The van der Waals surface area contributed by atoms with E-state index in [0.29, 0.717) is 11.3 Å². The van der Waals surface area contributed by atoms with E-state index in [9.17, 15) is 9.59 Å². The first-order valence-corrected chi connectivity index (χ1v) is 4.15. The number of hydrogen-bond donors (Lipinski definition) is 2. The fraction of sp³-hybridized carbons (Fsp3) is 0.0909. The zero-order chi connectivity index (χ0) is 11.4. The number of carboxylic acid groups (broad SMARTS) is 1. The zero-order valence-electron chi connectivity index (χ0n) is 8.07. The van der Waals surface area contributed by atoms with Crippen LogP contribution in [0.5, 0.6) is 0 Å². The highest BCUT2D eigenvalue weighted by Gasteiger charge is 2.06. The molecule has 15 heavy (non-hydrogen) atoms. The number of terminal acetylenes is 1. The molecule has 0 aliphatic rings. The molecule has 0 aromatic heterocycles. The molecule has 0 radical (unpaired) electrons. The number of carbonyl (C=O) groups is 2. The number of amides is 1. The number of rotatable bonds is 2. The van der Waals surface area contributed by atoms with Crippen LogP contribution in [0.25, 0.3) is 0 Å². The van der Waals surface area contributed by atoms with Gasteiger partial charge < -0.3 is 10.4 Å². The van der Waals surface area contributed by atoms with Crippen molar-refractivity contribution >= 4 is 17.6 Å². The Morgan fingerprint density at radius 3 is 2.53 bits per heavy atom.